The second-order valence-electron chi connectivity index (χ2n) is 7.86. The molecule has 2 aromatic carbocycles. The second-order valence-corrected chi connectivity index (χ2v) is 9.69. The molecule has 1 saturated heterocycles. The van der Waals surface area contributed by atoms with E-state index in [4.69, 9.17) is 0 Å². The number of alkyl halides is 1. The number of rotatable bonds is 6. The number of sulfonamides is 1. The van der Waals surface area contributed by atoms with Gasteiger partial charge in [0.2, 0.25) is 15.9 Å². The molecule has 1 saturated carbocycles. The van der Waals surface area contributed by atoms with Crippen molar-refractivity contribution in [2.75, 3.05) is 19.3 Å². The molecule has 9 heteroatoms. The molecule has 1 heterocycles. The zero-order chi connectivity index (χ0) is 21.7. The van der Waals surface area contributed by atoms with Gasteiger partial charge >= 0.3 is 0 Å². The van der Waals surface area contributed by atoms with E-state index in [1.54, 1.807) is 12.1 Å². The van der Waals surface area contributed by atoms with Gasteiger partial charge in [-0.3, -0.25) is 4.79 Å². The first-order chi connectivity index (χ1) is 14.1. The van der Waals surface area contributed by atoms with Gasteiger partial charge in [-0.25, -0.2) is 26.3 Å². The predicted molar refractivity (Wildman–Crippen MR) is 106 cm³/mol. The minimum Gasteiger partial charge on any atom is -0.338 e. The van der Waals surface area contributed by atoms with Gasteiger partial charge in [-0.05, 0) is 29.7 Å². The van der Waals surface area contributed by atoms with Crippen LogP contribution in [0.4, 0.5) is 13.2 Å². The van der Waals surface area contributed by atoms with E-state index in [1.165, 1.54) is 23.1 Å². The van der Waals surface area contributed by atoms with E-state index in [0.29, 0.717) is 13.0 Å². The largest absolute Gasteiger partial charge is 0.338 e. The van der Waals surface area contributed by atoms with E-state index in [-0.39, 0.29) is 35.7 Å². The highest BCUT2D eigenvalue weighted by Crippen LogP contribution is 2.59. The van der Waals surface area contributed by atoms with Crippen molar-refractivity contribution in [3.63, 3.8) is 0 Å². The molecule has 1 aliphatic heterocycles. The fraction of sp³-hybridized carbons (Fsp3) is 0.381. The molecule has 4 rings (SSSR count). The number of carbonyl (C=O) groups is 1. The van der Waals surface area contributed by atoms with E-state index in [2.05, 4.69) is 4.72 Å². The van der Waals surface area contributed by atoms with Crippen LogP contribution in [0.2, 0.25) is 0 Å². The number of nitrogens with one attached hydrogen (secondary N) is 1. The zero-order valence-electron chi connectivity index (χ0n) is 16.2. The average molecular weight is 438 g/mol. The van der Waals surface area contributed by atoms with Gasteiger partial charge in [0.25, 0.3) is 0 Å². The number of likely N-dealkylation sites (tertiary alicyclic amines) is 1. The molecule has 1 aliphatic carbocycles. The maximum Gasteiger partial charge on any atom is 0.229 e. The van der Waals surface area contributed by atoms with Crippen molar-refractivity contribution in [3.05, 3.63) is 59.7 Å². The van der Waals surface area contributed by atoms with Gasteiger partial charge in [0, 0.05) is 25.6 Å². The van der Waals surface area contributed by atoms with Crippen LogP contribution >= 0.6 is 0 Å². The van der Waals surface area contributed by atoms with Crippen LogP contribution in [0.5, 0.6) is 0 Å². The third kappa shape index (κ3) is 3.72. The topological polar surface area (TPSA) is 66.5 Å². The van der Waals surface area contributed by atoms with Crippen LogP contribution in [0.15, 0.2) is 42.5 Å². The van der Waals surface area contributed by atoms with Gasteiger partial charge < -0.3 is 4.90 Å². The number of hydrogen-bond acceptors (Lipinski definition) is 3. The summed E-state index contributed by atoms with van der Waals surface area (Å²) in [6.07, 6.45) is 1.57. The number of nitrogens with zero attached hydrogens (tertiary/aromatic N) is 1. The molecule has 0 spiro atoms. The minimum absolute atomic E-state index is 0.0770. The summed E-state index contributed by atoms with van der Waals surface area (Å²) in [4.78, 5) is 14.3. The number of amides is 1. The monoisotopic (exact) mass is 438 g/mol. The summed E-state index contributed by atoms with van der Waals surface area (Å²) >= 11 is 0. The lowest BCUT2D eigenvalue weighted by Gasteiger charge is -2.41. The number of carbonyl (C=O) groups excluding carboxylic acids is 1. The minimum atomic E-state index is -3.39. The van der Waals surface area contributed by atoms with E-state index in [0.717, 1.165) is 18.4 Å². The van der Waals surface area contributed by atoms with Gasteiger partial charge in [0.05, 0.1) is 17.7 Å². The first-order valence-corrected chi connectivity index (χ1v) is 11.5. The Morgan fingerprint density at radius 3 is 2.43 bits per heavy atom. The van der Waals surface area contributed by atoms with Crippen molar-refractivity contribution >= 4 is 15.9 Å². The van der Waals surface area contributed by atoms with Crippen molar-refractivity contribution in [1.82, 2.24) is 9.62 Å². The third-order valence-electron chi connectivity index (χ3n) is 5.81. The molecule has 0 unspecified atom stereocenters. The molecule has 3 atom stereocenters. The van der Waals surface area contributed by atoms with Crippen molar-refractivity contribution in [2.24, 2.45) is 5.92 Å². The molecule has 30 heavy (non-hydrogen) atoms. The smallest absolute Gasteiger partial charge is 0.229 e. The molecule has 5 nitrogen and oxygen atoms in total. The normalized spacial score (nSPS) is 25.7. The average Bonchev–Trinajstić information content (AvgIpc) is 3.33. The van der Waals surface area contributed by atoms with Crippen LogP contribution < -0.4 is 4.72 Å². The van der Waals surface area contributed by atoms with Crippen molar-refractivity contribution in [2.45, 2.75) is 24.6 Å². The van der Waals surface area contributed by atoms with E-state index < -0.39 is 39.2 Å². The Morgan fingerprint density at radius 1 is 1.17 bits per heavy atom. The Morgan fingerprint density at radius 2 is 1.83 bits per heavy atom. The lowest BCUT2D eigenvalue weighted by Crippen LogP contribution is -2.56. The molecule has 1 amide bonds. The molecule has 0 aromatic heterocycles. The molecular weight excluding hydrogens is 417 g/mol. The Balaban J connectivity index is 1.57. The number of hydrogen-bond donors (Lipinski definition) is 1. The van der Waals surface area contributed by atoms with Gasteiger partial charge in [-0.15, -0.1) is 0 Å². The molecule has 0 bridgehead atoms. The van der Waals surface area contributed by atoms with Crippen LogP contribution in [0, 0.1) is 17.6 Å². The lowest BCUT2D eigenvalue weighted by atomic mass is 9.93. The molecule has 0 radical (unpaired) electrons. The summed E-state index contributed by atoms with van der Waals surface area (Å²) in [5, 5.41) is 0. The van der Waals surface area contributed by atoms with Gasteiger partial charge in [-0.2, -0.15) is 0 Å². The Kier molecular flexibility index (Phi) is 5.14. The maximum atomic E-state index is 15.8. The fourth-order valence-corrected chi connectivity index (χ4v) is 4.52. The molecule has 2 fully saturated rings. The van der Waals surface area contributed by atoms with Gasteiger partial charge in [0.15, 0.2) is 0 Å². The van der Waals surface area contributed by atoms with Crippen LogP contribution in [0.3, 0.4) is 0 Å². The van der Waals surface area contributed by atoms with Crippen molar-refractivity contribution in [1.29, 1.82) is 0 Å². The number of halogens is 3. The van der Waals surface area contributed by atoms with Crippen LogP contribution in [0.25, 0.3) is 11.1 Å². The molecule has 1 N–H and O–H groups in total. The summed E-state index contributed by atoms with van der Waals surface area (Å²) in [6, 6.07) is 9.16. The molecule has 2 aromatic rings. The Bertz CT molecular complexity index is 1090. The number of benzene rings is 2. The highest BCUT2D eigenvalue weighted by atomic mass is 32.2. The quantitative estimate of drug-likeness (QED) is 0.754. The highest BCUT2D eigenvalue weighted by Gasteiger charge is 2.63. The third-order valence-corrected chi connectivity index (χ3v) is 6.50. The summed E-state index contributed by atoms with van der Waals surface area (Å²) in [5.41, 5.74) is -2.17. The summed E-state index contributed by atoms with van der Waals surface area (Å²) in [6.45, 7) is 0.499. The second kappa shape index (κ2) is 7.39. The standard InChI is InChI=1S/C21H21F3N2O3S/c1-30(28,29)25-12-13-9-10-26(13)20(27)16-11-21(16,24)15-6-3-2-5-14(15)19-17(22)7-4-8-18(19)23/h2-8,13,16,25H,9-12H2,1H3/t13-,16-,21+/m0/s1. The predicted octanol–water partition coefficient (Wildman–Crippen LogP) is 2.97. The van der Waals surface area contributed by atoms with Crippen molar-refractivity contribution in [3.8, 4) is 11.1 Å². The first kappa shape index (κ1) is 20.9. The summed E-state index contributed by atoms with van der Waals surface area (Å²) < 4.78 is 69.3. The van der Waals surface area contributed by atoms with Gasteiger partial charge in [0.1, 0.15) is 17.3 Å². The van der Waals surface area contributed by atoms with E-state index >= 15 is 4.39 Å². The Hall–Kier alpha value is -2.39. The summed E-state index contributed by atoms with van der Waals surface area (Å²) in [5.74, 6) is -2.98. The Labute approximate surface area is 172 Å². The first-order valence-electron chi connectivity index (χ1n) is 9.60. The SMILES string of the molecule is CS(=O)(=O)NC[C@@H]1CCN1C(=O)[C@@H]1C[C@@]1(F)c1ccccc1-c1c(F)cccc1F. The maximum absolute atomic E-state index is 15.8. The van der Waals surface area contributed by atoms with Crippen molar-refractivity contribution < 1.29 is 26.4 Å². The summed E-state index contributed by atoms with van der Waals surface area (Å²) in [7, 11) is -3.39. The van der Waals surface area contributed by atoms with Gasteiger partial charge in [-0.1, -0.05) is 30.3 Å². The van der Waals surface area contributed by atoms with Crippen LogP contribution in [-0.2, 0) is 20.5 Å². The molecular formula is C21H21F3N2O3S. The highest BCUT2D eigenvalue weighted by molar-refractivity contribution is 7.88. The zero-order valence-corrected chi connectivity index (χ0v) is 17.1. The van der Waals surface area contributed by atoms with E-state index in [1.807, 2.05) is 0 Å². The van der Waals surface area contributed by atoms with E-state index in [9.17, 15) is 22.0 Å². The molecule has 160 valence electrons. The fourth-order valence-electron chi connectivity index (χ4n) is 4.03. The van der Waals surface area contributed by atoms with Crippen LogP contribution in [0.1, 0.15) is 18.4 Å². The van der Waals surface area contributed by atoms with Crippen LogP contribution in [-0.4, -0.2) is 44.6 Å². The molecule has 2 aliphatic rings. The lowest BCUT2D eigenvalue weighted by molar-refractivity contribution is -0.141.